The van der Waals surface area contributed by atoms with Gasteiger partial charge in [0.1, 0.15) is 5.75 Å². The molecule has 1 aromatic rings. The molecule has 1 amide bonds. The lowest BCUT2D eigenvalue weighted by Gasteiger charge is -2.24. The zero-order valence-corrected chi connectivity index (χ0v) is 12.7. The highest BCUT2D eigenvalue weighted by molar-refractivity contribution is 5.95. The van der Waals surface area contributed by atoms with E-state index in [-0.39, 0.29) is 11.3 Å². The first-order valence-electron chi connectivity index (χ1n) is 6.60. The van der Waals surface area contributed by atoms with Crippen molar-refractivity contribution in [1.29, 1.82) is 0 Å². The molecule has 1 rings (SSSR count). The Morgan fingerprint density at radius 3 is 2.60 bits per heavy atom. The highest BCUT2D eigenvalue weighted by Gasteiger charge is 2.19. The van der Waals surface area contributed by atoms with Crippen LogP contribution in [0.25, 0.3) is 0 Å². The molecule has 0 aliphatic rings. The third kappa shape index (κ3) is 4.74. The molecule has 1 aromatic carbocycles. The van der Waals surface area contributed by atoms with E-state index in [9.17, 15) is 4.79 Å². The Morgan fingerprint density at radius 2 is 2.05 bits per heavy atom. The zero-order chi connectivity index (χ0) is 15.2. The molecule has 0 atom stereocenters. The maximum Gasteiger partial charge on any atom is 0.251 e. The fraction of sp³-hybridized carbons (Fsp3) is 0.533. The summed E-state index contributed by atoms with van der Waals surface area (Å²) in [4.78, 5) is 12.1. The number of nitrogens with two attached hydrogens (primary N) is 1. The first kappa shape index (κ1) is 16.3. The molecular weight excluding hydrogens is 256 g/mol. The highest BCUT2D eigenvalue weighted by atomic mass is 16.5. The molecule has 0 aromatic heterocycles. The van der Waals surface area contributed by atoms with Crippen LogP contribution in [0.3, 0.4) is 0 Å². The van der Waals surface area contributed by atoms with Gasteiger partial charge in [0.05, 0.1) is 12.8 Å². The van der Waals surface area contributed by atoms with Gasteiger partial charge in [-0.1, -0.05) is 13.8 Å². The average Bonchev–Trinajstić information content (AvgIpc) is 2.42. The van der Waals surface area contributed by atoms with Crippen LogP contribution in [0.5, 0.6) is 5.75 Å². The van der Waals surface area contributed by atoms with Crippen molar-refractivity contribution in [2.75, 3.05) is 33.1 Å². The molecule has 0 fully saturated rings. The number of ether oxygens (including phenoxy) is 2. The molecule has 0 spiro atoms. The molecule has 20 heavy (non-hydrogen) atoms. The standard InChI is InChI=1S/C15H24N2O3/c1-15(2,7-8-19-3)10-17-14(18)11-5-6-13(20-4)12(16)9-11/h5-6,9H,7-8,10,16H2,1-4H3,(H,17,18). The number of benzene rings is 1. The van der Waals surface area contributed by atoms with Gasteiger partial charge in [-0.3, -0.25) is 4.79 Å². The Bertz CT molecular complexity index is 458. The van der Waals surface area contributed by atoms with Gasteiger partial charge < -0.3 is 20.5 Å². The number of hydrogen-bond donors (Lipinski definition) is 2. The van der Waals surface area contributed by atoms with Crippen LogP contribution in [0, 0.1) is 5.41 Å². The topological polar surface area (TPSA) is 73.6 Å². The maximum atomic E-state index is 12.1. The van der Waals surface area contributed by atoms with Crippen molar-refractivity contribution in [3.8, 4) is 5.75 Å². The Kier molecular flexibility index (Phi) is 5.82. The van der Waals surface area contributed by atoms with Gasteiger partial charge in [-0.05, 0) is 30.0 Å². The lowest BCUT2D eigenvalue weighted by Crippen LogP contribution is -2.34. The van der Waals surface area contributed by atoms with Crippen LogP contribution in [0.4, 0.5) is 5.69 Å². The van der Waals surface area contributed by atoms with Gasteiger partial charge in [0.2, 0.25) is 0 Å². The smallest absolute Gasteiger partial charge is 0.251 e. The molecule has 0 saturated carbocycles. The minimum atomic E-state index is -0.134. The number of carbonyl (C=O) groups is 1. The Labute approximate surface area is 120 Å². The van der Waals surface area contributed by atoms with Gasteiger partial charge in [-0.15, -0.1) is 0 Å². The predicted molar refractivity (Wildman–Crippen MR) is 80.0 cm³/mol. The van der Waals surface area contributed by atoms with Gasteiger partial charge in [-0.2, -0.15) is 0 Å². The molecule has 0 bridgehead atoms. The minimum Gasteiger partial charge on any atom is -0.495 e. The van der Waals surface area contributed by atoms with Crippen LogP contribution in [0.2, 0.25) is 0 Å². The van der Waals surface area contributed by atoms with E-state index >= 15 is 0 Å². The van der Waals surface area contributed by atoms with Crippen molar-refractivity contribution >= 4 is 11.6 Å². The summed E-state index contributed by atoms with van der Waals surface area (Å²) >= 11 is 0. The van der Waals surface area contributed by atoms with E-state index in [1.807, 2.05) is 0 Å². The van der Waals surface area contributed by atoms with Crippen LogP contribution in [0.15, 0.2) is 18.2 Å². The second kappa shape index (κ2) is 7.14. The molecule has 5 heteroatoms. The Balaban J connectivity index is 2.61. The first-order valence-corrected chi connectivity index (χ1v) is 6.60. The normalized spacial score (nSPS) is 11.2. The summed E-state index contributed by atoms with van der Waals surface area (Å²) < 4.78 is 10.1. The third-order valence-electron chi connectivity index (χ3n) is 3.20. The third-order valence-corrected chi connectivity index (χ3v) is 3.20. The Hall–Kier alpha value is -1.75. The van der Waals surface area contributed by atoms with E-state index in [1.54, 1.807) is 32.4 Å². The summed E-state index contributed by atoms with van der Waals surface area (Å²) in [6, 6.07) is 5.02. The fourth-order valence-corrected chi connectivity index (χ4v) is 1.76. The van der Waals surface area contributed by atoms with Gasteiger partial charge in [0, 0.05) is 25.8 Å². The number of hydrogen-bond acceptors (Lipinski definition) is 4. The van der Waals surface area contributed by atoms with Crippen LogP contribution >= 0.6 is 0 Å². The quantitative estimate of drug-likeness (QED) is 0.750. The van der Waals surface area contributed by atoms with Crippen molar-refractivity contribution < 1.29 is 14.3 Å². The molecule has 0 radical (unpaired) electrons. The maximum absolute atomic E-state index is 12.1. The van der Waals surface area contributed by atoms with Crippen LogP contribution < -0.4 is 15.8 Å². The van der Waals surface area contributed by atoms with Crippen LogP contribution in [0.1, 0.15) is 30.6 Å². The van der Waals surface area contributed by atoms with E-state index in [0.717, 1.165) is 6.42 Å². The predicted octanol–water partition coefficient (Wildman–Crippen LogP) is 2.07. The van der Waals surface area contributed by atoms with E-state index in [1.165, 1.54) is 0 Å². The van der Waals surface area contributed by atoms with Gasteiger partial charge >= 0.3 is 0 Å². The first-order chi connectivity index (χ1) is 9.39. The lowest BCUT2D eigenvalue weighted by molar-refractivity contribution is 0.0921. The largest absolute Gasteiger partial charge is 0.495 e. The molecule has 0 saturated heterocycles. The monoisotopic (exact) mass is 280 g/mol. The zero-order valence-electron chi connectivity index (χ0n) is 12.7. The number of nitrogen functional groups attached to an aromatic ring is 1. The number of nitrogens with one attached hydrogen (secondary N) is 1. The fourth-order valence-electron chi connectivity index (χ4n) is 1.76. The number of anilines is 1. The summed E-state index contributed by atoms with van der Waals surface area (Å²) in [7, 11) is 3.22. The summed E-state index contributed by atoms with van der Waals surface area (Å²) in [5.41, 5.74) is 6.78. The van der Waals surface area contributed by atoms with Crippen molar-refractivity contribution in [1.82, 2.24) is 5.32 Å². The number of rotatable bonds is 7. The van der Waals surface area contributed by atoms with Crippen molar-refractivity contribution in [2.24, 2.45) is 5.41 Å². The number of methoxy groups -OCH3 is 2. The van der Waals surface area contributed by atoms with E-state index in [2.05, 4.69) is 19.2 Å². The summed E-state index contributed by atoms with van der Waals surface area (Å²) in [5.74, 6) is 0.437. The van der Waals surface area contributed by atoms with Crippen molar-refractivity contribution in [3.05, 3.63) is 23.8 Å². The highest BCUT2D eigenvalue weighted by Crippen LogP contribution is 2.22. The molecule has 112 valence electrons. The lowest BCUT2D eigenvalue weighted by atomic mass is 9.89. The van der Waals surface area contributed by atoms with Gasteiger partial charge in [0.25, 0.3) is 5.91 Å². The minimum absolute atomic E-state index is 0.0102. The molecular formula is C15H24N2O3. The molecule has 3 N–H and O–H groups in total. The Morgan fingerprint density at radius 1 is 1.35 bits per heavy atom. The summed E-state index contributed by atoms with van der Waals surface area (Å²) in [6.07, 6.45) is 0.883. The van der Waals surface area contributed by atoms with Crippen LogP contribution in [-0.2, 0) is 4.74 Å². The molecule has 5 nitrogen and oxygen atoms in total. The SMILES string of the molecule is COCCC(C)(C)CNC(=O)c1ccc(OC)c(N)c1. The molecule has 0 unspecified atom stereocenters. The summed E-state index contributed by atoms with van der Waals surface area (Å²) in [6.45, 7) is 5.45. The average molecular weight is 280 g/mol. The van der Waals surface area contributed by atoms with Gasteiger partial charge in [0.15, 0.2) is 0 Å². The summed E-state index contributed by atoms with van der Waals surface area (Å²) in [5, 5.41) is 2.92. The van der Waals surface area contributed by atoms with Crippen molar-refractivity contribution in [2.45, 2.75) is 20.3 Å². The van der Waals surface area contributed by atoms with E-state index in [4.69, 9.17) is 15.2 Å². The van der Waals surface area contributed by atoms with Gasteiger partial charge in [-0.25, -0.2) is 0 Å². The molecule has 0 aliphatic heterocycles. The van der Waals surface area contributed by atoms with E-state index < -0.39 is 0 Å². The van der Waals surface area contributed by atoms with Crippen molar-refractivity contribution in [3.63, 3.8) is 0 Å². The number of carbonyl (C=O) groups excluding carboxylic acids is 1. The number of amides is 1. The second-order valence-corrected chi connectivity index (χ2v) is 5.55. The molecule has 0 aliphatic carbocycles. The molecule has 0 heterocycles. The second-order valence-electron chi connectivity index (χ2n) is 5.55. The van der Waals surface area contributed by atoms with Crippen LogP contribution in [-0.4, -0.2) is 33.3 Å². The van der Waals surface area contributed by atoms with E-state index in [0.29, 0.717) is 30.2 Å².